The van der Waals surface area contributed by atoms with Gasteiger partial charge in [0.15, 0.2) is 0 Å². The van der Waals surface area contributed by atoms with E-state index >= 15 is 0 Å². The van der Waals surface area contributed by atoms with Crippen LogP contribution in [0.15, 0.2) is 35.6 Å². The van der Waals surface area contributed by atoms with Crippen molar-refractivity contribution >= 4 is 53.2 Å². The van der Waals surface area contributed by atoms with E-state index in [9.17, 15) is 0 Å². The lowest BCUT2D eigenvalue weighted by atomic mass is 10.3. The minimum atomic E-state index is 0. The number of rotatable bonds is 3. The van der Waals surface area contributed by atoms with Crippen molar-refractivity contribution in [3.63, 3.8) is 0 Å². The largest absolute Gasteiger partial charge is 0.369 e. The second kappa shape index (κ2) is 7.54. The Morgan fingerprint density at radius 1 is 1.33 bits per heavy atom. The first kappa shape index (κ1) is 17.6. The number of hydrogen-bond acceptors (Lipinski definition) is 2. The van der Waals surface area contributed by atoms with Gasteiger partial charge in [0.05, 0.1) is 10.0 Å². The van der Waals surface area contributed by atoms with E-state index in [0.717, 1.165) is 0 Å². The summed E-state index contributed by atoms with van der Waals surface area (Å²) in [6.07, 6.45) is 3.54. The first-order valence-electron chi connectivity index (χ1n) is 6.06. The maximum absolute atomic E-state index is 5.94. The van der Waals surface area contributed by atoms with E-state index in [1.165, 1.54) is 0 Å². The molecule has 1 aromatic carbocycles. The maximum atomic E-state index is 5.94. The van der Waals surface area contributed by atoms with Crippen LogP contribution < -0.4 is 11.1 Å². The van der Waals surface area contributed by atoms with Gasteiger partial charge in [-0.05, 0) is 32.0 Å². The fourth-order valence-corrected chi connectivity index (χ4v) is 1.95. The average Bonchev–Trinajstić information content (AvgIpc) is 2.82. The number of guanidine groups is 1. The molecule has 0 fully saturated rings. The molecule has 114 valence electrons. The summed E-state index contributed by atoms with van der Waals surface area (Å²) in [5, 5.41) is 3.89. The summed E-state index contributed by atoms with van der Waals surface area (Å²) in [6, 6.07) is 5.40. The van der Waals surface area contributed by atoms with Gasteiger partial charge >= 0.3 is 0 Å². The number of aromatic nitrogens is 2. The molecule has 5 nitrogen and oxygen atoms in total. The highest BCUT2D eigenvalue weighted by Gasteiger charge is 2.06. The van der Waals surface area contributed by atoms with Crippen LogP contribution in [0.25, 0.3) is 0 Å². The molecule has 8 heteroatoms. The quantitative estimate of drug-likeness (QED) is 0.643. The fourth-order valence-electron chi connectivity index (χ4n) is 1.65. The Bertz CT molecular complexity index is 636. The summed E-state index contributed by atoms with van der Waals surface area (Å²) < 4.78 is 1.92. The van der Waals surface area contributed by atoms with Crippen LogP contribution in [-0.2, 0) is 0 Å². The van der Waals surface area contributed by atoms with Crippen molar-refractivity contribution in [2.45, 2.75) is 19.9 Å². The summed E-state index contributed by atoms with van der Waals surface area (Å²) in [4.78, 5) is 8.41. The fraction of sp³-hybridized carbons (Fsp3) is 0.231. The number of benzene rings is 1. The molecule has 0 aliphatic heterocycles. The van der Waals surface area contributed by atoms with Crippen molar-refractivity contribution in [1.29, 1.82) is 0 Å². The standard InChI is InChI=1S/C13H15Cl2N5.ClH/c1-8(2)20-6-5-17-13(20)19-12(16)18-9-3-4-10(14)11(15)7-9;/h3-8H,1-2H3,(H3,16,17,18,19);1H. The Balaban J connectivity index is 0.00000220. The number of nitrogens with two attached hydrogens (primary N) is 1. The van der Waals surface area contributed by atoms with E-state index in [0.29, 0.717) is 21.7 Å². The molecule has 0 radical (unpaired) electrons. The van der Waals surface area contributed by atoms with Crippen LogP contribution in [0.1, 0.15) is 19.9 Å². The van der Waals surface area contributed by atoms with Gasteiger partial charge in [0.1, 0.15) is 0 Å². The van der Waals surface area contributed by atoms with Gasteiger partial charge in [0.2, 0.25) is 11.9 Å². The summed E-state index contributed by atoms with van der Waals surface area (Å²) in [5.74, 6) is 0.779. The molecule has 0 bridgehead atoms. The van der Waals surface area contributed by atoms with Crippen molar-refractivity contribution in [3.05, 3.63) is 40.6 Å². The minimum absolute atomic E-state index is 0. The van der Waals surface area contributed by atoms with Crippen LogP contribution in [0.3, 0.4) is 0 Å². The van der Waals surface area contributed by atoms with Crippen LogP contribution in [0, 0.1) is 0 Å². The van der Waals surface area contributed by atoms with E-state index in [2.05, 4.69) is 15.3 Å². The third kappa shape index (κ3) is 4.52. The average molecular weight is 349 g/mol. The number of anilines is 1. The molecule has 2 rings (SSSR count). The molecule has 0 saturated carbocycles. The second-order valence-corrected chi connectivity index (χ2v) is 5.29. The number of imidazole rings is 1. The Kier molecular flexibility index (Phi) is 6.33. The van der Waals surface area contributed by atoms with Gasteiger partial charge in [-0.15, -0.1) is 12.4 Å². The van der Waals surface area contributed by atoms with Crippen molar-refractivity contribution < 1.29 is 0 Å². The van der Waals surface area contributed by atoms with Crippen LogP contribution >= 0.6 is 35.6 Å². The molecule has 0 aliphatic rings. The van der Waals surface area contributed by atoms with Gasteiger partial charge in [0.25, 0.3) is 0 Å². The summed E-state index contributed by atoms with van der Waals surface area (Å²) in [5.41, 5.74) is 6.57. The molecule has 0 atom stereocenters. The van der Waals surface area contributed by atoms with E-state index in [-0.39, 0.29) is 24.4 Å². The van der Waals surface area contributed by atoms with E-state index < -0.39 is 0 Å². The molecule has 3 N–H and O–H groups in total. The lowest BCUT2D eigenvalue weighted by Gasteiger charge is -2.10. The van der Waals surface area contributed by atoms with Gasteiger partial charge in [0, 0.05) is 24.1 Å². The molecule has 0 unspecified atom stereocenters. The van der Waals surface area contributed by atoms with Crippen molar-refractivity contribution in [3.8, 4) is 0 Å². The molecule has 1 heterocycles. The van der Waals surface area contributed by atoms with Crippen LogP contribution in [0.5, 0.6) is 0 Å². The zero-order valence-corrected chi connectivity index (χ0v) is 13.9. The molecular formula is C13H16Cl3N5. The molecular weight excluding hydrogens is 333 g/mol. The maximum Gasteiger partial charge on any atom is 0.232 e. The monoisotopic (exact) mass is 347 g/mol. The van der Waals surface area contributed by atoms with Crippen molar-refractivity contribution in [2.75, 3.05) is 5.32 Å². The molecule has 2 aromatic rings. The number of halogens is 3. The normalized spacial score (nSPS) is 11.4. The zero-order valence-electron chi connectivity index (χ0n) is 11.5. The molecule has 1 aromatic heterocycles. The SMILES string of the molecule is CC(C)n1ccnc1/N=C(\N)Nc1ccc(Cl)c(Cl)c1.Cl. The van der Waals surface area contributed by atoms with Gasteiger partial charge in [-0.3, -0.25) is 0 Å². The smallest absolute Gasteiger partial charge is 0.232 e. The molecule has 0 aliphatic carbocycles. The van der Waals surface area contributed by atoms with E-state index in [1.54, 1.807) is 24.4 Å². The van der Waals surface area contributed by atoms with E-state index in [4.69, 9.17) is 28.9 Å². The van der Waals surface area contributed by atoms with Gasteiger partial charge < -0.3 is 15.6 Å². The summed E-state index contributed by atoms with van der Waals surface area (Å²) in [7, 11) is 0. The highest BCUT2D eigenvalue weighted by Crippen LogP contribution is 2.25. The lowest BCUT2D eigenvalue weighted by molar-refractivity contribution is 0.604. The molecule has 0 saturated heterocycles. The molecule has 21 heavy (non-hydrogen) atoms. The highest BCUT2D eigenvalue weighted by molar-refractivity contribution is 6.42. The number of hydrogen-bond donors (Lipinski definition) is 2. The summed E-state index contributed by atoms with van der Waals surface area (Å²) >= 11 is 11.8. The predicted octanol–water partition coefficient (Wildman–Crippen LogP) is 4.25. The first-order chi connectivity index (χ1) is 9.47. The zero-order chi connectivity index (χ0) is 14.7. The second-order valence-electron chi connectivity index (χ2n) is 4.48. The predicted molar refractivity (Wildman–Crippen MR) is 91.2 cm³/mol. The Labute approximate surface area is 139 Å². The first-order valence-corrected chi connectivity index (χ1v) is 6.82. The highest BCUT2D eigenvalue weighted by atomic mass is 35.5. The Morgan fingerprint density at radius 3 is 2.67 bits per heavy atom. The van der Waals surface area contributed by atoms with Crippen LogP contribution in [0.2, 0.25) is 10.0 Å². The lowest BCUT2D eigenvalue weighted by Crippen LogP contribution is -2.22. The molecule has 0 amide bonds. The van der Waals surface area contributed by atoms with Gasteiger partial charge in [-0.25, -0.2) is 4.98 Å². The van der Waals surface area contributed by atoms with Crippen molar-refractivity contribution in [2.24, 2.45) is 10.7 Å². The minimum Gasteiger partial charge on any atom is -0.369 e. The van der Waals surface area contributed by atoms with Crippen molar-refractivity contribution in [1.82, 2.24) is 9.55 Å². The van der Waals surface area contributed by atoms with E-state index in [1.807, 2.05) is 24.6 Å². The van der Waals surface area contributed by atoms with Crippen LogP contribution in [0.4, 0.5) is 11.6 Å². The third-order valence-corrected chi connectivity index (χ3v) is 3.36. The molecule has 0 spiro atoms. The third-order valence-electron chi connectivity index (χ3n) is 2.62. The Hall–Kier alpha value is -1.43. The van der Waals surface area contributed by atoms with Crippen LogP contribution in [-0.4, -0.2) is 15.5 Å². The summed E-state index contributed by atoms with van der Waals surface area (Å²) in [6.45, 7) is 4.09. The van der Waals surface area contributed by atoms with Gasteiger partial charge in [-0.2, -0.15) is 4.99 Å². The Morgan fingerprint density at radius 2 is 2.05 bits per heavy atom. The number of nitrogens with zero attached hydrogens (tertiary/aromatic N) is 3. The topological polar surface area (TPSA) is 68.2 Å². The van der Waals surface area contributed by atoms with Gasteiger partial charge in [-0.1, -0.05) is 23.2 Å². The number of nitrogens with one attached hydrogen (secondary N) is 1. The number of aliphatic imine (C=N–C) groups is 1.